The Kier molecular flexibility index (Phi) is 2.95. The van der Waals surface area contributed by atoms with Crippen molar-refractivity contribution < 1.29 is 22.7 Å². The van der Waals surface area contributed by atoms with E-state index in [1.807, 2.05) is 0 Å². The lowest BCUT2D eigenvalue weighted by atomic mass is 10.0. The highest BCUT2D eigenvalue weighted by Crippen LogP contribution is 2.40. The van der Waals surface area contributed by atoms with Gasteiger partial charge in [-0.05, 0) is 12.1 Å². The van der Waals surface area contributed by atoms with Crippen molar-refractivity contribution in [3.63, 3.8) is 0 Å². The minimum atomic E-state index is -4.43. The quantitative estimate of drug-likeness (QED) is 0.712. The van der Waals surface area contributed by atoms with Gasteiger partial charge in [-0.2, -0.15) is 13.2 Å². The van der Waals surface area contributed by atoms with Crippen molar-refractivity contribution in [3.8, 4) is 5.75 Å². The zero-order chi connectivity index (χ0) is 12.5. The number of oxime groups is 1. The Morgan fingerprint density at radius 3 is 2.76 bits per heavy atom. The first kappa shape index (κ1) is 11.8. The Morgan fingerprint density at radius 2 is 2.12 bits per heavy atom. The topological polar surface area (TPSA) is 30.8 Å². The summed E-state index contributed by atoms with van der Waals surface area (Å²) in [4.78, 5) is 4.61. The molecular weight excluding hydrogens is 235 g/mol. The van der Waals surface area contributed by atoms with Crippen molar-refractivity contribution in [1.82, 2.24) is 0 Å². The second kappa shape index (κ2) is 4.27. The zero-order valence-electron chi connectivity index (χ0n) is 9.04. The first-order valence-corrected chi connectivity index (χ1v) is 4.97. The highest BCUT2D eigenvalue weighted by atomic mass is 19.4. The molecule has 0 amide bonds. The van der Waals surface area contributed by atoms with Gasteiger partial charge in [0.2, 0.25) is 0 Å². The molecule has 0 saturated heterocycles. The van der Waals surface area contributed by atoms with Gasteiger partial charge in [0.15, 0.2) is 0 Å². The molecule has 0 bridgehead atoms. The standard InChI is InChI=1S/C11H10F3NO2/c1-16-15-9-5-6-17-10-7(9)3-2-4-8(10)11(12,13)14/h2-4H,5-6H2,1H3. The number of fused-ring (bicyclic) bond motifs is 1. The Hall–Kier alpha value is -1.72. The van der Waals surface area contributed by atoms with Gasteiger partial charge in [-0.3, -0.25) is 0 Å². The van der Waals surface area contributed by atoms with Crippen LogP contribution in [0.2, 0.25) is 0 Å². The van der Waals surface area contributed by atoms with E-state index >= 15 is 0 Å². The van der Waals surface area contributed by atoms with Crippen molar-refractivity contribution in [1.29, 1.82) is 0 Å². The highest BCUT2D eigenvalue weighted by molar-refractivity contribution is 6.03. The summed E-state index contributed by atoms with van der Waals surface area (Å²) in [5.41, 5.74) is 0.0336. The fourth-order valence-corrected chi connectivity index (χ4v) is 1.73. The monoisotopic (exact) mass is 245 g/mol. The van der Waals surface area contributed by atoms with Crippen LogP contribution in [0.3, 0.4) is 0 Å². The predicted octanol–water partition coefficient (Wildman–Crippen LogP) is 2.84. The van der Waals surface area contributed by atoms with E-state index in [2.05, 4.69) is 9.99 Å². The molecule has 17 heavy (non-hydrogen) atoms. The van der Waals surface area contributed by atoms with Gasteiger partial charge in [0.1, 0.15) is 12.9 Å². The molecule has 0 N–H and O–H groups in total. The molecule has 6 heteroatoms. The van der Waals surface area contributed by atoms with E-state index in [9.17, 15) is 13.2 Å². The molecule has 0 atom stereocenters. The smallest absolute Gasteiger partial charge is 0.419 e. The normalized spacial score (nSPS) is 17.5. The molecule has 0 aliphatic carbocycles. The molecule has 0 unspecified atom stereocenters. The summed E-state index contributed by atoms with van der Waals surface area (Å²) in [6.07, 6.45) is -4.00. The molecule has 1 aromatic carbocycles. The van der Waals surface area contributed by atoms with Gasteiger partial charge in [-0.1, -0.05) is 11.2 Å². The van der Waals surface area contributed by atoms with E-state index in [4.69, 9.17) is 4.74 Å². The van der Waals surface area contributed by atoms with Crippen LogP contribution < -0.4 is 4.74 Å². The minimum absolute atomic E-state index is 0.165. The second-order valence-electron chi connectivity index (χ2n) is 3.50. The molecule has 0 radical (unpaired) electrons. The van der Waals surface area contributed by atoms with Gasteiger partial charge >= 0.3 is 6.18 Å². The molecule has 1 aliphatic rings. The fourth-order valence-electron chi connectivity index (χ4n) is 1.73. The number of alkyl halides is 3. The molecule has 0 aromatic heterocycles. The second-order valence-corrected chi connectivity index (χ2v) is 3.50. The lowest BCUT2D eigenvalue weighted by molar-refractivity contribution is -0.139. The third-order valence-electron chi connectivity index (χ3n) is 2.42. The molecule has 1 aliphatic heterocycles. The lowest BCUT2D eigenvalue weighted by Crippen LogP contribution is -2.20. The molecule has 92 valence electrons. The maximum atomic E-state index is 12.7. The summed E-state index contributed by atoms with van der Waals surface area (Å²) in [5, 5.41) is 3.72. The molecule has 2 rings (SSSR count). The van der Waals surface area contributed by atoms with Crippen LogP contribution in [0.1, 0.15) is 17.5 Å². The number of halogens is 3. The maximum Gasteiger partial charge on any atom is 0.419 e. The summed E-state index contributed by atoms with van der Waals surface area (Å²) in [6.45, 7) is 0.169. The van der Waals surface area contributed by atoms with Crippen LogP contribution >= 0.6 is 0 Å². The molecule has 1 heterocycles. The van der Waals surface area contributed by atoms with Crippen LogP contribution in [0.5, 0.6) is 5.75 Å². The number of para-hydroxylation sites is 1. The average molecular weight is 245 g/mol. The van der Waals surface area contributed by atoms with Crippen LogP contribution in [0, 0.1) is 0 Å². The fraction of sp³-hybridized carbons (Fsp3) is 0.364. The number of nitrogens with zero attached hydrogens (tertiary/aromatic N) is 1. The number of rotatable bonds is 1. The first-order valence-electron chi connectivity index (χ1n) is 4.97. The van der Waals surface area contributed by atoms with Gasteiger partial charge in [0.05, 0.1) is 17.9 Å². The molecule has 1 aromatic rings. The van der Waals surface area contributed by atoms with Crippen molar-refractivity contribution >= 4 is 5.71 Å². The summed E-state index contributed by atoms with van der Waals surface area (Å²) >= 11 is 0. The van der Waals surface area contributed by atoms with Crippen LogP contribution in [0.15, 0.2) is 23.4 Å². The SMILES string of the molecule is CON=C1CCOc2c1cccc2C(F)(F)F. The number of benzene rings is 1. The third-order valence-corrected chi connectivity index (χ3v) is 2.42. The van der Waals surface area contributed by atoms with Crippen molar-refractivity contribution in [2.24, 2.45) is 5.16 Å². The van der Waals surface area contributed by atoms with Crippen molar-refractivity contribution in [2.75, 3.05) is 13.7 Å². The van der Waals surface area contributed by atoms with E-state index in [0.29, 0.717) is 17.7 Å². The molecule has 3 nitrogen and oxygen atoms in total. The summed E-state index contributed by atoms with van der Waals surface area (Å²) in [5.74, 6) is -0.165. The number of ether oxygens (including phenoxy) is 1. The van der Waals surface area contributed by atoms with Gasteiger partial charge in [0.25, 0.3) is 0 Å². The predicted molar refractivity (Wildman–Crippen MR) is 55.1 cm³/mol. The Morgan fingerprint density at radius 1 is 1.35 bits per heavy atom. The van der Waals surface area contributed by atoms with E-state index in [1.165, 1.54) is 13.2 Å². The van der Waals surface area contributed by atoms with Crippen molar-refractivity contribution in [3.05, 3.63) is 29.3 Å². The van der Waals surface area contributed by atoms with Gasteiger partial charge in [-0.25, -0.2) is 0 Å². The molecule has 0 spiro atoms. The van der Waals surface area contributed by atoms with E-state index in [-0.39, 0.29) is 12.4 Å². The summed E-state index contributed by atoms with van der Waals surface area (Å²) in [6, 6.07) is 3.87. The Bertz CT molecular complexity index is 455. The van der Waals surface area contributed by atoms with E-state index < -0.39 is 11.7 Å². The number of hydrogen-bond acceptors (Lipinski definition) is 3. The lowest BCUT2D eigenvalue weighted by Gasteiger charge is -2.22. The average Bonchev–Trinajstić information content (AvgIpc) is 2.28. The van der Waals surface area contributed by atoms with Gasteiger partial charge in [0, 0.05) is 12.0 Å². The van der Waals surface area contributed by atoms with E-state index in [0.717, 1.165) is 6.07 Å². The molecule has 0 fully saturated rings. The highest BCUT2D eigenvalue weighted by Gasteiger charge is 2.37. The Balaban J connectivity index is 2.55. The van der Waals surface area contributed by atoms with E-state index in [1.54, 1.807) is 6.07 Å². The van der Waals surface area contributed by atoms with Crippen molar-refractivity contribution in [2.45, 2.75) is 12.6 Å². The maximum absolute atomic E-state index is 12.7. The van der Waals surface area contributed by atoms with Gasteiger partial charge < -0.3 is 9.57 Å². The zero-order valence-corrected chi connectivity index (χ0v) is 9.04. The van der Waals surface area contributed by atoms with Crippen LogP contribution in [-0.2, 0) is 11.0 Å². The van der Waals surface area contributed by atoms with Gasteiger partial charge in [-0.15, -0.1) is 0 Å². The third kappa shape index (κ3) is 2.20. The largest absolute Gasteiger partial charge is 0.492 e. The molecule has 0 saturated carbocycles. The summed E-state index contributed by atoms with van der Waals surface area (Å²) < 4.78 is 43.3. The number of hydrogen-bond donors (Lipinski definition) is 0. The minimum Gasteiger partial charge on any atom is -0.492 e. The Labute approximate surface area is 95.8 Å². The first-order chi connectivity index (χ1) is 8.04. The van der Waals surface area contributed by atoms with Crippen LogP contribution in [0.4, 0.5) is 13.2 Å². The van der Waals surface area contributed by atoms with Crippen LogP contribution in [-0.4, -0.2) is 19.4 Å². The summed E-state index contributed by atoms with van der Waals surface area (Å²) in [7, 11) is 1.36. The molecular formula is C11H10F3NO2. The van der Waals surface area contributed by atoms with Crippen LogP contribution in [0.25, 0.3) is 0 Å².